The van der Waals surface area contributed by atoms with Crippen LogP contribution >= 0.6 is 0 Å². The van der Waals surface area contributed by atoms with Gasteiger partial charge in [0.1, 0.15) is 11.2 Å². The third-order valence-corrected chi connectivity index (χ3v) is 14.9. The number of furan rings is 1. The van der Waals surface area contributed by atoms with Gasteiger partial charge in [0.15, 0.2) is 0 Å². The number of hydrogen-bond donors (Lipinski definition) is 0. The Balaban J connectivity index is 0.987. The van der Waals surface area contributed by atoms with Gasteiger partial charge in [-0.2, -0.15) is 0 Å². The second-order valence-corrected chi connectivity index (χ2v) is 19.2. The fourth-order valence-electron chi connectivity index (χ4n) is 11.8. The number of benzene rings is 10. The summed E-state index contributed by atoms with van der Waals surface area (Å²) in [5, 5.41) is 4.55. The van der Waals surface area contributed by atoms with Gasteiger partial charge in [0.05, 0.1) is 5.69 Å². The quantitative estimate of drug-likeness (QED) is 0.166. The fourth-order valence-corrected chi connectivity index (χ4v) is 11.8. The summed E-state index contributed by atoms with van der Waals surface area (Å²) in [5.41, 5.74) is 22.8. The lowest BCUT2D eigenvalue weighted by Crippen LogP contribution is -2.17. The smallest absolute Gasteiger partial charge is 0.143 e. The first-order chi connectivity index (χ1) is 32.3. The van der Waals surface area contributed by atoms with Crippen molar-refractivity contribution in [3.8, 4) is 55.6 Å². The molecule has 10 aromatic carbocycles. The first-order valence-corrected chi connectivity index (χ1v) is 23.2. The Hall–Kier alpha value is -7.94. The van der Waals surface area contributed by atoms with Crippen molar-refractivity contribution in [3.05, 3.63) is 235 Å². The maximum Gasteiger partial charge on any atom is 0.143 e. The molecule has 66 heavy (non-hydrogen) atoms. The number of hydrogen-bond acceptors (Lipinski definition) is 2. The van der Waals surface area contributed by atoms with Crippen molar-refractivity contribution in [2.75, 3.05) is 4.90 Å². The van der Waals surface area contributed by atoms with Gasteiger partial charge in [-0.3, -0.25) is 0 Å². The molecule has 0 radical (unpaired) electrons. The van der Waals surface area contributed by atoms with E-state index in [0.717, 1.165) is 55.5 Å². The predicted octanol–water partition coefficient (Wildman–Crippen LogP) is 17.8. The summed E-state index contributed by atoms with van der Waals surface area (Å²) in [6.45, 7) is 9.48. The Morgan fingerprint density at radius 1 is 0.364 bits per heavy atom. The lowest BCUT2D eigenvalue weighted by Gasteiger charge is -2.30. The summed E-state index contributed by atoms with van der Waals surface area (Å²) >= 11 is 0. The average molecular weight is 846 g/mol. The van der Waals surface area contributed by atoms with Crippen LogP contribution in [0.2, 0.25) is 0 Å². The first kappa shape index (κ1) is 38.5. The zero-order valence-electron chi connectivity index (χ0n) is 37.6. The monoisotopic (exact) mass is 845 g/mol. The van der Waals surface area contributed by atoms with Crippen LogP contribution in [0.3, 0.4) is 0 Å². The van der Waals surface area contributed by atoms with Crippen LogP contribution in [-0.4, -0.2) is 0 Å². The van der Waals surface area contributed by atoms with E-state index in [1.807, 2.05) is 0 Å². The molecule has 13 rings (SSSR count). The molecule has 0 aliphatic heterocycles. The van der Waals surface area contributed by atoms with Crippen molar-refractivity contribution < 1.29 is 4.42 Å². The molecule has 0 fully saturated rings. The molecule has 0 spiro atoms. The highest BCUT2D eigenvalue weighted by atomic mass is 16.3. The molecule has 0 saturated heterocycles. The molecule has 0 atom stereocenters. The van der Waals surface area contributed by atoms with Gasteiger partial charge < -0.3 is 9.32 Å². The fraction of sp³-hybridized carbons (Fsp3) is 0.0938. The number of nitrogens with zero attached hydrogens (tertiary/aromatic N) is 1. The van der Waals surface area contributed by atoms with Crippen molar-refractivity contribution in [3.63, 3.8) is 0 Å². The Labute approximate surface area is 386 Å². The van der Waals surface area contributed by atoms with Crippen molar-refractivity contribution in [2.45, 2.75) is 38.5 Å². The van der Waals surface area contributed by atoms with Gasteiger partial charge in [0.2, 0.25) is 0 Å². The summed E-state index contributed by atoms with van der Waals surface area (Å²) < 4.78 is 6.74. The number of anilines is 3. The lowest BCUT2D eigenvalue weighted by molar-refractivity contribution is 0.660. The van der Waals surface area contributed by atoms with E-state index in [9.17, 15) is 0 Å². The molecular formula is C64H47NO. The van der Waals surface area contributed by atoms with Gasteiger partial charge in [0, 0.05) is 43.9 Å². The summed E-state index contributed by atoms with van der Waals surface area (Å²) in [5.74, 6) is 0. The average Bonchev–Trinajstić information content (AvgIpc) is 3.95. The molecule has 0 N–H and O–H groups in total. The molecule has 2 aliphatic carbocycles. The van der Waals surface area contributed by atoms with Crippen LogP contribution in [0, 0.1) is 0 Å². The maximum atomic E-state index is 6.74. The second-order valence-electron chi connectivity index (χ2n) is 19.2. The Morgan fingerprint density at radius 3 is 1.71 bits per heavy atom. The maximum absolute atomic E-state index is 6.74. The minimum atomic E-state index is -0.154. The Kier molecular flexibility index (Phi) is 8.33. The minimum absolute atomic E-state index is 0.125. The van der Waals surface area contributed by atoms with Gasteiger partial charge in [-0.1, -0.05) is 198 Å². The largest absolute Gasteiger partial charge is 0.455 e. The van der Waals surface area contributed by atoms with Crippen LogP contribution in [0.4, 0.5) is 17.1 Å². The molecule has 314 valence electrons. The molecule has 11 aromatic rings. The molecule has 2 aliphatic rings. The molecule has 1 aromatic heterocycles. The highest BCUT2D eigenvalue weighted by Crippen LogP contribution is 2.54. The van der Waals surface area contributed by atoms with Crippen molar-refractivity contribution >= 4 is 49.8 Å². The van der Waals surface area contributed by atoms with E-state index in [2.05, 4.69) is 245 Å². The van der Waals surface area contributed by atoms with Crippen LogP contribution in [0.15, 0.2) is 217 Å². The van der Waals surface area contributed by atoms with E-state index in [1.54, 1.807) is 0 Å². The number of fused-ring (bicyclic) bond motifs is 11. The third-order valence-electron chi connectivity index (χ3n) is 14.9. The topological polar surface area (TPSA) is 16.4 Å². The van der Waals surface area contributed by atoms with Crippen LogP contribution in [-0.2, 0) is 10.8 Å². The van der Waals surface area contributed by atoms with Crippen molar-refractivity contribution in [2.24, 2.45) is 0 Å². The molecule has 1 heterocycles. The molecular weight excluding hydrogens is 799 g/mol. The third kappa shape index (κ3) is 5.55. The summed E-state index contributed by atoms with van der Waals surface area (Å²) in [4.78, 5) is 2.46. The summed E-state index contributed by atoms with van der Waals surface area (Å²) in [6, 6.07) is 78.3. The van der Waals surface area contributed by atoms with E-state index in [1.165, 1.54) is 72.1 Å². The molecule has 2 nitrogen and oxygen atoms in total. The lowest BCUT2D eigenvalue weighted by atomic mass is 9.78. The molecule has 2 heteroatoms. The van der Waals surface area contributed by atoms with E-state index in [0.29, 0.717) is 0 Å². The summed E-state index contributed by atoms with van der Waals surface area (Å²) in [6.07, 6.45) is 0. The van der Waals surface area contributed by atoms with Crippen LogP contribution in [0.25, 0.3) is 88.3 Å². The highest BCUT2D eigenvalue weighted by Gasteiger charge is 2.38. The SMILES string of the molecule is CC1(C)c2ccccc2-c2ccc(N(c3ccc(-c4ccccc4-c4cccc5c4C(C)(C)c4ccccc4-5)cc3)c3ccccc3-c3cccc4oc5c6ccccc6ccc5c34)cc21. The number of rotatable bonds is 6. The van der Waals surface area contributed by atoms with E-state index >= 15 is 0 Å². The molecule has 0 amide bonds. The second kappa shape index (κ2) is 14.3. The van der Waals surface area contributed by atoms with Crippen LogP contribution < -0.4 is 4.90 Å². The van der Waals surface area contributed by atoms with Crippen LogP contribution in [0.1, 0.15) is 49.9 Å². The zero-order chi connectivity index (χ0) is 44.3. The highest BCUT2D eigenvalue weighted by molar-refractivity contribution is 6.19. The molecule has 0 saturated carbocycles. The minimum Gasteiger partial charge on any atom is -0.455 e. The normalized spacial score (nSPS) is 14.0. The van der Waals surface area contributed by atoms with Crippen LogP contribution in [0.5, 0.6) is 0 Å². The van der Waals surface area contributed by atoms with Gasteiger partial charge in [-0.25, -0.2) is 0 Å². The van der Waals surface area contributed by atoms with Gasteiger partial charge in [0.25, 0.3) is 0 Å². The van der Waals surface area contributed by atoms with Crippen molar-refractivity contribution in [1.29, 1.82) is 0 Å². The zero-order valence-corrected chi connectivity index (χ0v) is 37.6. The Bertz CT molecular complexity index is 3770. The Morgan fingerprint density at radius 2 is 0.924 bits per heavy atom. The summed E-state index contributed by atoms with van der Waals surface area (Å²) in [7, 11) is 0. The standard InChI is InChI=1S/C64H47NO/c1-63(2)55-27-12-9-21-47(55)49-38-36-43(39-57(49)63)65(58-29-14-11-23-50(58)51-24-16-30-59-60(51)54-37-33-40-17-5-6-19-45(40)62(54)66-59)42-34-31-41(32-35-42)44-18-7-8-20-46(44)52-25-15-26-53-48-22-10-13-28-56(48)64(3,4)61(52)53/h5-39H,1-4H3. The predicted molar refractivity (Wildman–Crippen MR) is 277 cm³/mol. The van der Waals surface area contributed by atoms with Crippen molar-refractivity contribution in [1.82, 2.24) is 0 Å². The van der Waals surface area contributed by atoms with Gasteiger partial charge in [-0.05, 0) is 120 Å². The van der Waals surface area contributed by atoms with Gasteiger partial charge >= 0.3 is 0 Å². The number of para-hydroxylation sites is 1. The van der Waals surface area contributed by atoms with E-state index in [-0.39, 0.29) is 10.8 Å². The van der Waals surface area contributed by atoms with E-state index in [4.69, 9.17) is 4.42 Å². The molecule has 0 bridgehead atoms. The van der Waals surface area contributed by atoms with Gasteiger partial charge in [-0.15, -0.1) is 0 Å². The van der Waals surface area contributed by atoms with E-state index < -0.39 is 0 Å². The molecule has 0 unspecified atom stereocenters. The first-order valence-electron chi connectivity index (χ1n) is 23.2.